The van der Waals surface area contributed by atoms with Crippen molar-refractivity contribution < 1.29 is 18.9 Å². The molecule has 7 heteroatoms. The number of pyridine rings is 1. The lowest BCUT2D eigenvalue weighted by Gasteiger charge is -2.11. The maximum Gasteiger partial charge on any atom is 0.344 e. The van der Waals surface area contributed by atoms with Crippen LogP contribution in [0.3, 0.4) is 0 Å². The molecule has 0 bridgehead atoms. The Labute approximate surface area is 172 Å². The zero-order chi connectivity index (χ0) is 20.7. The Kier molecular flexibility index (Phi) is 7.44. The molecule has 0 saturated carbocycles. The van der Waals surface area contributed by atoms with E-state index in [9.17, 15) is 15.0 Å². The van der Waals surface area contributed by atoms with Crippen LogP contribution in [0.1, 0.15) is 17.3 Å². The molecular formula is C21H20BrN3O3. The minimum absolute atomic E-state index is 0.137. The molecule has 0 aliphatic carbocycles. The molecule has 28 heavy (non-hydrogen) atoms. The minimum Gasteiger partial charge on any atom is -0.763 e. The lowest BCUT2D eigenvalue weighted by atomic mass is 10.1. The monoisotopic (exact) mass is 441 g/mol. The lowest BCUT2D eigenvalue weighted by molar-refractivity contribution is -0.576. The van der Waals surface area contributed by atoms with Gasteiger partial charge in [-0.25, -0.2) is 4.79 Å². The highest BCUT2D eigenvalue weighted by molar-refractivity contribution is 9.10. The van der Waals surface area contributed by atoms with Gasteiger partial charge in [0, 0.05) is 48.0 Å². The molecule has 0 atom stereocenters. The van der Waals surface area contributed by atoms with E-state index in [2.05, 4.69) is 15.9 Å². The van der Waals surface area contributed by atoms with Crippen molar-refractivity contribution in [2.45, 2.75) is 6.92 Å². The zero-order valence-electron chi connectivity index (χ0n) is 15.8. The van der Waals surface area contributed by atoms with Gasteiger partial charge in [-0.3, -0.25) is 10.7 Å². The number of anilines is 1. The predicted octanol–water partition coefficient (Wildman–Crippen LogP) is 3.26. The smallest absolute Gasteiger partial charge is 0.344 e. The van der Waals surface area contributed by atoms with Crippen molar-refractivity contribution >= 4 is 44.9 Å². The topological polar surface area (TPSA) is 72.8 Å². The number of carbonyl (C=O) groups excluding carboxylic acids is 2. The first-order chi connectivity index (χ1) is 13.4. The first-order valence-electron chi connectivity index (χ1n) is 8.52. The molecule has 0 amide bonds. The van der Waals surface area contributed by atoms with Crippen LogP contribution >= 0.6 is 15.9 Å². The second-order valence-corrected chi connectivity index (χ2v) is 6.89. The van der Waals surface area contributed by atoms with Crippen molar-refractivity contribution in [3.63, 3.8) is 0 Å². The number of ether oxygens (including phenoxy) is 1. The summed E-state index contributed by atoms with van der Waals surface area (Å²) in [5.41, 5.74) is 1.30. The average Bonchev–Trinajstić information content (AvgIpc) is 2.69. The largest absolute Gasteiger partial charge is 0.763 e. The molecule has 0 aliphatic rings. The molecule has 1 heterocycles. The summed E-state index contributed by atoms with van der Waals surface area (Å²) in [6, 6.07) is 10.5. The summed E-state index contributed by atoms with van der Waals surface area (Å²) in [5, 5.41) is 9.36. The van der Waals surface area contributed by atoms with E-state index in [1.165, 1.54) is 6.08 Å². The number of Topliss-reactive ketones (excluding diaryl/α,β-unsaturated/α-hetero) is 1. The number of esters is 1. The van der Waals surface area contributed by atoms with Crippen LogP contribution in [0.4, 0.5) is 5.69 Å². The van der Waals surface area contributed by atoms with E-state index in [4.69, 9.17) is 4.74 Å². The van der Waals surface area contributed by atoms with Crippen molar-refractivity contribution in [1.82, 2.24) is 0 Å². The molecule has 2 aromatic rings. The molecule has 0 aliphatic heterocycles. The van der Waals surface area contributed by atoms with Gasteiger partial charge in [0.25, 0.3) is 11.5 Å². The van der Waals surface area contributed by atoms with E-state index in [-0.39, 0.29) is 23.7 Å². The van der Waals surface area contributed by atoms with Gasteiger partial charge in [0.1, 0.15) is 0 Å². The fraction of sp³-hybridized carbons (Fsp3) is 0.190. The fourth-order valence-corrected chi connectivity index (χ4v) is 2.63. The summed E-state index contributed by atoms with van der Waals surface area (Å²) in [6.07, 6.45) is 4.67. The molecule has 2 rings (SSSR count). The number of carbonyl (C=O) groups is 2. The Bertz CT molecular complexity index is 942. The Morgan fingerprint density at radius 2 is 1.79 bits per heavy atom. The standard InChI is InChI=1S/C21H20BrN3O3/c1-4-28-21(27)16(14-23)13-19(20(26)15-5-7-17(22)8-6-15)25-11-9-18(10-12-25)24(2)3/h5-13H,4H2,1-3H3. The van der Waals surface area contributed by atoms with E-state index in [0.717, 1.165) is 10.2 Å². The molecule has 0 unspecified atom stereocenters. The molecule has 1 aromatic heterocycles. The number of hydrogen-bond acceptors (Lipinski definition) is 4. The number of rotatable bonds is 7. The second kappa shape index (κ2) is 9.78. The summed E-state index contributed by atoms with van der Waals surface area (Å²) >= 11 is 3.34. The van der Waals surface area contributed by atoms with Gasteiger partial charge in [-0.1, -0.05) is 15.9 Å². The predicted molar refractivity (Wildman–Crippen MR) is 112 cm³/mol. The van der Waals surface area contributed by atoms with Gasteiger partial charge in [0.15, 0.2) is 12.4 Å². The fourth-order valence-electron chi connectivity index (χ4n) is 2.37. The van der Waals surface area contributed by atoms with E-state index in [1.807, 2.05) is 37.0 Å². The molecule has 0 radical (unpaired) electrons. The summed E-state index contributed by atoms with van der Waals surface area (Å²) in [6.45, 7) is 1.79. The third-order valence-electron chi connectivity index (χ3n) is 3.84. The highest BCUT2D eigenvalue weighted by atomic mass is 79.9. The zero-order valence-corrected chi connectivity index (χ0v) is 17.4. The van der Waals surface area contributed by atoms with E-state index in [1.54, 1.807) is 48.1 Å². The number of aromatic nitrogens is 1. The third-order valence-corrected chi connectivity index (χ3v) is 4.37. The summed E-state index contributed by atoms with van der Waals surface area (Å²) in [5.74, 6) is 0.723. The highest BCUT2D eigenvalue weighted by Gasteiger charge is 2.24. The SMILES string of the molecule is CCOC(=O)C(=C=[N-])C=C(C(=O)c1ccc(Br)cc1)[n+]1ccc(N(C)C)cc1. The Balaban J connectivity index is 2.55. The van der Waals surface area contributed by atoms with Gasteiger partial charge in [0.05, 0.1) is 12.2 Å². The number of allylic oxidation sites excluding steroid dienone is 1. The molecule has 1 aromatic carbocycles. The van der Waals surface area contributed by atoms with E-state index in [0.29, 0.717) is 5.56 Å². The number of ketones is 1. The maximum atomic E-state index is 13.1. The van der Waals surface area contributed by atoms with Crippen molar-refractivity contribution in [2.75, 3.05) is 25.6 Å². The van der Waals surface area contributed by atoms with Gasteiger partial charge in [-0.05, 0) is 31.2 Å². The summed E-state index contributed by atoms with van der Waals surface area (Å²) in [7, 11) is 3.82. The minimum atomic E-state index is -0.767. The van der Waals surface area contributed by atoms with Crippen LogP contribution in [0, 0.1) is 0 Å². The van der Waals surface area contributed by atoms with Gasteiger partial charge in [-0.15, -0.1) is 0 Å². The van der Waals surface area contributed by atoms with E-state index >= 15 is 0 Å². The lowest BCUT2D eigenvalue weighted by Crippen LogP contribution is -2.36. The Morgan fingerprint density at radius 3 is 2.29 bits per heavy atom. The molecule has 0 spiro atoms. The van der Waals surface area contributed by atoms with Crippen LogP contribution in [0.5, 0.6) is 0 Å². The highest BCUT2D eigenvalue weighted by Crippen LogP contribution is 2.16. The number of halogens is 1. The van der Waals surface area contributed by atoms with Crippen molar-refractivity contribution in [3.8, 4) is 0 Å². The summed E-state index contributed by atoms with van der Waals surface area (Å²) < 4.78 is 7.33. The van der Waals surface area contributed by atoms with Gasteiger partial charge < -0.3 is 15.0 Å². The normalized spacial score (nSPS) is 10.8. The van der Waals surface area contributed by atoms with Crippen molar-refractivity contribution in [1.29, 1.82) is 0 Å². The molecule has 6 nitrogen and oxygen atoms in total. The molecule has 0 N–H and O–H groups in total. The van der Waals surface area contributed by atoms with Gasteiger partial charge >= 0.3 is 5.97 Å². The Hall–Kier alpha value is -3.02. The van der Waals surface area contributed by atoms with Crippen LogP contribution in [-0.2, 0) is 9.53 Å². The third kappa shape index (κ3) is 5.25. The first-order valence-corrected chi connectivity index (χ1v) is 9.31. The van der Waals surface area contributed by atoms with Gasteiger partial charge in [0.2, 0.25) is 0 Å². The van der Waals surface area contributed by atoms with Crippen LogP contribution in [0.25, 0.3) is 11.1 Å². The van der Waals surface area contributed by atoms with Crippen molar-refractivity contribution in [2.24, 2.45) is 0 Å². The first kappa shape index (κ1) is 21.3. The molecule has 0 fully saturated rings. The van der Waals surface area contributed by atoms with Crippen molar-refractivity contribution in [3.05, 3.63) is 75.9 Å². The summed E-state index contributed by atoms with van der Waals surface area (Å²) in [4.78, 5) is 27.1. The number of nitrogens with zero attached hydrogens (tertiary/aromatic N) is 3. The molecule has 0 saturated heterocycles. The van der Waals surface area contributed by atoms with Crippen LogP contribution in [0.15, 0.2) is 64.9 Å². The quantitative estimate of drug-likeness (QED) is 0.165. The second-order valence-electron chi connectivity index (χ2n) is 5.97. The average molecular weight is 442 g/mol. The Morgan fingerprint density at radius 1 is 1.18 bits per heavy atom. The maximum absolute atomic E-state index is 13.1. The molecule has 144 valence electrons. The molecular weight excluding hydrogens is 422 g/mol. The van der Waals surface area contributed by atoms with Crippen LogP contribution in [0.2, 0.25) is 0 Å². The number of hydrogen-bond donors (Lipinski definition) is 0. The van der Waals surface area contributed by atoms with Crippen LogP contribution in [-0.4, -0.2) is 38.3 Å². The van der Waals surface area contributed by atoms with Gasteiger partial charge in [-0.2, -0.15) is 4.57 Å². The number of benzene rings is 1. The van der Waals surface area contributed by atoms with Crippen LogP contribution < -0.4 is 9.47 Å². The van der Waals surface area contributed by atoms with E-state index < -0.39 is 5.97 Å².